The highest BCUT2D eigenvalue weighted by Gasteiger charge is 2.25. The van der Waals surface area contributed by atoms with Crippen molar-refractivity contribution in [3.8, 4) is 0 Å². The third-order valence-electron chi connectivity index (χ3n) is 3.63. The second-order valence-electron chi connectivity index (χ2n) is 5.57. The monoisotopic (exact) mass is 320 g/mol. The van der Waals surface area contributed by atoms with Crippen LogP contribution in [0.2, 0.25) is 5.02 Å². The van der Waals surface area contributed by atoms with Crippen LogP contribution in [0.15, 0.2) is 18.2 Å². The molecule has 20 heavy (non-hydrogen) atoms. The quantitative estimate of drug-likeness (QED) is 0.905. The normalized spacial score (nSPS) is 17.9. The Bertz CT molecular complexity index is 420. The number of hydrogen-bond donors (Lipinski definition) is 1. The van der Waals surface area contributed by atoms with Crippen LogP contribution in [0, 0.1) is 11.7 Å². The first kappa shape index (κ1) is 17.7. The highest BCUT2D eigenvalue weighted by molar-refractivity contribution is 6.31. The summed E-state index contributed by atoms with van der Waals surface area (Å²) in [5.74, 6) is 0.238. The van der Waals surface area contributed by atoms with E-state index in [1.807, 2.05) is 6.07 Å². The minimum atomic E-state index is -0.317. The van der Waals surface area contributed by atoms with Gasteiger partial charge in [-0.2, -0.15) is 0 Å². The fourth-order valence-corrected chi connectivity index (χ4v) is 2.94. The predicted molar refractivity (Wildman–Crippen MR) is 85.3 cm³/mol. The van der Waals surface area contributed by atoms with Crippen molar-refractivity contribution in [1.29, 1.82) is 0 Å². The molecular weight excluding hydrogens is 298 g/mol. The maximum atomic E-state index is 13.7. The molecule has 1 saturated heterocycles. The van der Waals surface area contributed by atoms with Gasteiger partial charge in [0.2, 0.25) is 0 Å². The summed E-state index contributed by atoms with van der Waals surface area (Å²) in [6.45, 7) is 8.35. The van der Waals surface area contributed by atoms with Gasteiger partial charge in [-0.3, -0.25) is 4.90 Å². The molecule has 1 aliphatic heterocycles. The first-order valence-electron chi connectivity index (χ1n) is 6.98. The van der Waals surface area contributed by atoms with Gasteiger partial charge in [-0.25, -0.2) is 4.39 Å². The molecule has 1 fully saturated rings. The molecule has 2 nitrogen and oxygen atoms in total. The lowest BCUT2D eigenvalue weighted by Gasteiger charge is -2.36. The molecule has 1 aliphatic rings. The molecule has 1 atom stereocenters. The largest absolute Gasteiger partial charge is 0.314 e. The lowest BCUT2D eigenvalue weighted by molar-refractivity contribution is 0.154. The van der Waals surface area contributed by atoms with Gasteiger partial charge in [0.05, 0.1) is 5.02 Å². The van der Waals surface area contributed by atoms with E-state index in [2.05, 4.69) is 24.1 Å². The fraction of sp³-hybridized carbons (Fsp3) is 0.600. The molecule has 1 N–H and O–H groups in total. The molecule has 0 amide bonds. The molecule has 0 spiro atoms. The second kappa shape index (κ2) is 8.18. The van der Waals surface area contributed by atoms with Crippen molar-refractivity contribution < 1.29 is 4.39 Å². The van der Waals surface area contributed by atoms with Gasteiger partial charge in [0.25, 0.3) is 0 Å². The van der Waals surface area contributed by atoms with E-state index in [0.29, 0.717) is 5.92 Å². The molecule has 1 aromatic rings. The first-order chi connectivity index (χ1) is 9.09. The van der Waals surface area contributed by atoms with Crippen LogP contribution in [-0.2, 0) is 0 Å². The van der Waals surface area contributed by atoms with Crippen molar-refractivity contribution in [2.24, 2.45) is 5.92 Å². The summed E-state index contributed by atoms with van der Waals surface area (Å²) < 4.78 is 13.7. The standard InChI is InChI=1S/C15H22ClFN2.ClH/c1-11(2)10-14(19-8-6-18-7-9-19)12-4-3-5-13(17)15(12)16;/h3-5,11,14,18H,6-10H2,1-2H3;1H/t14-;/m1./s1. The van der Waals surface area contributed by atoms with Gasteiger partial charge in [0.15, 0.2) is 0 Å². The van der Waals surface area contributed by atoms with Crippen LogP contribution in [0.4, 0.5) is 4.39 Å². The molecule has 114 valence electrons. The zero-order valence-electron chi connectivity index (χ0n) is 12.0. The van der Waals surface area contributed by atoms with Crippen LogP contribution in [-0.4, -0.2) is 31.1 Å². The minimum Gasteiger partial charge on any atom is -0.314 e. The zero-order valence-corrected chi connectivity index (χ0v) is 13.6. The molecule has 1 heterocycles. The third-order valence-corrected chi connectivity index (χ3v) is 4.03. The molecule has 0 saturated carbocycles. The van der Waals surface area contributed by atoms with Gasteiger partial charge in [-0.15, -0.1) is 12.4 Å². The van der Waals surface area contributed by atoms with Crippen molar-refractivity contribution in [2.45, 2.75) is 26.3 Å². The Labute approximate surface area is 132 Å². The first-order valence-corrected chi connectivity index (χ1v) is 7.36. The molecular formula is C15H23Cl2FN2. The van der Waals surface area contributed by atoms with E-state index >= 15 is 0 Å². The number of piperazine rings is 1. The van der Waals surface area contributed by atoms with Gasteiger partial charge in [0, 0.05) is 32.2 Å². The molecule has 1 aromatic carbocycles. The average molecular weight is 321 g/mol. The van der Waals surface area contributed by atoms with Crippen molar-refractivity contribution >= 4 is 24.0 Å². The van der Waals surface area contributed by atoms with Crippen LogP contribution in [0.1, 0.15) is 31.9 Å². The van der Waals surface area contributed by atoms with E-state index in [1.165, 1.54) is 6.07 Å². The highest BCUT2D eigenvalue weighted by atomic mass is 35.5. The fourth-order valence-electron chi connectivity index (χ4n) is 2.69. The van der Waals surface area contributed by atoms with Crippen molar-refractivity contribution in [2.75, 3.05) is 26.2 Å². The summed E-state index contributed by atoms with van der Waals surface area (Å²) in [5, 5.41) is 3.64. The lowest BCUT2D eigenvalue weighted by atomic mass is 9.95. The van der Waals surface area contributed by atoms with Crippen LogP contribution in [0.25, 0.3) is 0 Å². The van der Waals surface area contributed by atoms with Crippen LogP contribution in [0.5, 0.6) is 0 Å². The third kappa shape index (κ3) is 4.32. The molecule has 0 aromatic heterocycles. The van der Waals surface area contributed by atoms with Gasteiger partial charge in [0.1, 0.15) is 5.82 Å². The Balaban J connectivity index is 0.00000200. The second-order valence-corrected chi connectivity index (χ2v) is 5.95. The maximum absolute atomic E-state index is 13.7. The molecule has 0 radical (unpaired) electrons. The SMILES string of the molecule is CC(C)C[C@H](c1cccc(F)c1Cl)N1CCNCC1.Cl. The molecule has 5 heteroatoms. The van der Waals surface area contributed by atoms with E-state index in [4.69, 9.17) is 11.6 Å². The van der Waals surface area contributed by atoms with E-state index in [-0.39, 0.29) is 29.3 Å². The lowest BCUT2D eigenvalue weighted by Crippen LogP contribution is -2.45. The number of hydrogen-bond acceptors (Lipinski definition) is 2. The number of benzene rings is 1. The summed E-state index contributed by atoms with van der Waals surface area (Å²) in [5.41, 5.74) is 0.928. The minimum absolute atomic E-state index is 0. The van der Waals surface area contributed by atoms with Gasteiger partial charge in [-0.1, -0.05) is 37.6 Å². The van der Waals surface area contributed by atoms with E-state index in [0.717, 1.165) is 38.2 Å². The molecule has 0 aliphatic carbocycles. The van der Waals surface area contributed by atoms with Gasteiger partial charge < -0.3 is 5.32 Å². The zero-order chi connectivity index (χ0) is 13.8. The van der Waals surface area contributed by atoms with E-state index in [9.17, 15) is 4.39 Å². The summed E-state index contributed by atoms with van der Waals surface area (Å²) in [6, 6.07) is 5.35. The smallest absolute Gasteiger partial charge is 0.142 e. The number of nitrogens with zero attached hydrogens (tertiary/aromatic N) is 1. The number of halogens is 3. The Morgan fingerprint density at radius 2 is 1.95 bits per heavy atom. The van der Waals surface area contributed by atoms with Crippen molar-refractivity contribution in [1.82, 2.24) is 10.2 Å². The Morgan fingerprint density at radius 1 is 1.30 bits per heavy atom. The molecule has 2 rings (SSSR count). The Morgan fingerprint density at radius 3 is 2.55 bits per heavy atom. The predicted octanol–water partition coefficient (Wildman–Crippen LogP) is 3.89. The number of nitrogens with one attached hydrogen (secondary N) is 1. The van der Waals surface area contributed by atoms with Crippen LogP contribution < -0.4 is 5.32 Å². The molecule has 0 unspecified atom stereocenters. The molecule has 0 bridgehead atoms. The summed E-state index contributed by atoms with van der Waals surface area (Å²) in [4.78, 5) is 2.41. The summed E-state index contributed by atoms with van der Waals surface area (Å²) in [7, 11) is 0. The maximum Gasteiger partial charge on any atom is 0.142 e. The topological polar surface area (TPSA) is 15.3 Å². The Hall–Kier alpha value is -0.350. The Kier molecular flexibility index (Phi) is 7.24. The summed E-state index contributed by atoms with van der Waals surface area (Å²) in [6.07, 6.45) is 1.00. The van der Waals surface area contributed by atoms with Crippen molar-refractivity contribution in [3.05, 3.63) is 34.6 Å². The van der Waals surface area contributed by atoms with E-state index in [1.54, 1.807) is 6.07 Å². The van der Waals surface area contributed by atoms with Crippen LogP contribution in [0.3, 0.4) is 0 Å². The number of rotatable bonds is 4. The van der Waals surface area contributed by atoms with Crippen LogP contribution >= 0.6 is 24.0 Å². The average Bonchev–Trinajstić information content (AvgIpc) is 2.40. The van der Waals surface area contributed by atoms with E-state index < -0.39 is 0 Å². The van der Waals surface area contributed by atoms with Crippen molar-refractivity contribution in [3.63, 3.8) is 0 Å². The summed E-state index contributed by atoms with van der Waals surface area (Å²) >= 11 is 6.17. The highest BCUT2D eigenvalue weighted by Crippen LogP contribution is 2.34. The van der Waals surface area contributed by atoms with Gasteiger partial charge in [-0.05, 0) is 24.0 Å². The van der Waals surface area contributed by atoms with Gasteiger partial charge >= 0.3 is 0 Å².